The molecule has 2 rings (SSSR count). The number of morpholine rings is 1. The van der Waals surface area contributed by atoms with E-state index < -0.39 is 5.97 Å². The molecule has 210 valence electrons. The van der Waals surface area contributed by atoms with Crippen molar-refractivity contribution in [2.24, 2.45) is 5.10 Å². The number of ether oxygens (including phenoxy) is 4. The van der Waals surface area contributed by atoms with Gasteiger partial charge in [-0.3, -0.25) is 5.01 Å². The van der Waals surface area contributed by atoms with E-state index in [1.807, 2.05) is 12.1 Å². The fourth-order valence-corrected chi connectivity index (χ4v) is 3.67. The van der Waals surface area contributed by atoms with Crippen LogP contribution in [0.25, 0.3) is 0 Å². The van der Waals surface area contributed by atoms with Crippen LogP contribution in [-0.2, 0) is 14.3 Å². The second-order valence-corrected chi connectivity index (χ2v) is 8.79. The van der Waals surface area contributed by atoms with Gasteiger partial charge in [-0.1, -0.05) is 45.4 Å². The summed E-state index contributed by atoms with van der Waals surface area (Å²) in [4.78, 5) is 14.9. The Bertz CT molecular complexity index is 983. The van der Waals surface area contributed by atoms with Gasteiger partial charge in [0.05, 0.1) is 39.2 Å². The third-order valence-electron chi connectivity index (χ3n) is 5.86. The number of methoxy groups -OCH3 is 1. The summed E-state index contributed by atoms with van der Waals surface area (Å²) in [6.45, 7) is 12.3. The third-order valence-corrected chi connectivity index (χ3v) is 5.86. The van der Waals surface area contributed by atoms with E-state index in [0.717, 1.165) is 50.2 Å². The highest BCUT2D eigenvalue weighted by Gasteiger charge is 2.23. The monoisotopic (exact) mass is 528 g/mol. The molecule has 0 unspecified atom stereocenters. The number of carbonyl (C=O) groups is 1. The van der Waals surface area contributed by atoms with Gasteiger partial charge in [0.15, 0.2) is 5.71 Å². The second kappa shape index (κ2) is 17.1. The lowest BCUT2D eigenvalue weighted by Gasteiger charge is -2.31. The molecule has 0 radical (unpaired) electrons. The van der Waals surface area contributed by atoms with Gasteiger partial charge in [0.1, 0.15) is 17.2 Å². The first-order valence-corrected chi connectivity index (χ1v) is 13.3. The van der Waals surface area contributed by atoms with E-state index in [4.69, 9.17) is 18.9 Å². The Morgan fingerprint density at radius 1 is 1.13 bits per heavy atom. The summed E-state index contributed by atoms with van der Waals surface area (Å²) in [5.74, 6) is 0.828. The highest BCUT2D eigenvalue weighted by molar-refractivity contribution is 6.44. The van der Waals surface area contributed by atoms with E-state index in [2.05, 4.69) is 35.7 Å². The molecule has 0 aliphatic carbocycles. The summed E-state index contributed by atoms with van der Waals surface area (Å²) < 4.78 is 23.1. The molecule has 0 amide bonds. The molecule has 1 aromatic carbocycles. The number of unbranched alkanes of at least 4 members (excludes halogenated alkanes) is 2. The SMILES string of the molecule is C=C(/C=C\C=C/NC)/C(=N/N(C)c1cc(OCCCC)c(N2CCOCC2)cc1OCCCC)C(=O)OC. The van der Waals surface area contributed by atoms with Gasteiger partial charge in [0.25, 0.3) is 0 Å². The van der Waals surface area contributed by atoms with Crippen molar-refractivity contribution in [3.63, 3.8) is 0 Å². The summed E-state index contributed by atoms with van der Waals surface area (Å²) in [6, 6.07) is 3.95. The Hall–Kier alpha value is -3.46. The number of hydrazone groups is 1. The van der Waals surface area contributed by atoms with Crippen molar-refractivity contribution in [1.82, 2.24) is 5.32 Å². The zero-order chi connectivity index (χ0) is 27.8. The fraction of sp³-hybridized carbons (Fsp3) is 0.517. The van der Waals surface area contributed by atoms with Crippen molar-refractivity contribution < 1.29 is 23.7 Å². The first-order chi connectivity index (χ1) is 18.5. The smallest absolute Gasteiger partial charge is 0.359 e. The molecule has 0 spiro atoms. The summed E-state index contributed by atoms with van der Waals surface area (Å²) in [6.07, 6.45) is 11.0. The Morgan fingerprint density at radius 3 is 2.39 bits per heavy atom. The maximum atomic E-state index is 12.6. The number of hydrogen-bond donors (Lipinski definition) is 1. The van der Waals surface area contributed by atoms with Crippen molar-refractivity contribution in [3.05, 3.63) is 48.7 Å². The largest absolute Gasteiger partial charge is 0.491 e. The molecule has 38 heavy (non-hydrogen) atoms. The van der Waals surface area contributed by atoms with Crippen LogP contribution in [0.3, 0.4) is 0 Å². The van der Waals surface area contributed by atoms with Crippen LogP contribution < -0.4 is 24.7 Å². The highest BCUT2D eigenvalue weighted by Crippen LogP contribution is 2.41. The molecule has 1 aliphatic rings. The normalized spacial score (nSPS) is 14.1. The predicted octanol–water partition coefficient (Wildman–Crippen LogP) is 4.69. The van der Waals surface area contributed by atoms with E-state index in [-0.39, 0.29) is 5.71 Å². The minimum Gasteiger partial charge on any atom is -0.491 e. The molecule has 0 bridgehead atoms. The zero-order valence-corrected chi connectivity index (χ0v) is 23.6. The van der Waals surface area contributed by atoms with Gasteiger partial charge in [0.2, 0.25) is 0 Å². The Kier molecular flexibility index (Phi) is 13.9. The van der Waals surface area contributed by atoms with E-state index in [1.165, 1.54) is 7.11 Å². The van der Waals surface area contributed by atoms with E-state index in [9.17, 15) is 4.79 Å². The van der Waals surface area contributed by atoms with Crippen molar-refractivity contribution in [2.45, 2.75) is 39.5 Å². The summed E-state index contributed by atoms with van der Waals surface area (Å²) >= 11 is 0. The molecule has 9 heteroatoms. The number of allylic oxidation sites excluding steroid dienone is 3. The first-order valence-electron chi connectivity index (χ1n) is 13.3. The summed E-state index contributed by atoms with van der Waals surface area (Å²) in [7, 11) is 4.90. The number of carbonyl (C=O) groups excluding carboxylic acids is 1. The standard InChI is InChI=1S/C29H44N4O5/c1-7-9-17-37-26-22-25(33-15-19-36-20-16-33)27(38-18-10-8-2)21-24(26)32(5)31-28(29(34)35-6)23(3)13-11-12-14-30-4/h11-14,21-22,30H,3,7-10,15-20H2,1-2,4-6H3/b13-11-,14-12-,31-28-. The fourth-order valence-electron chi connectivity index (χ4n) is 3.67. The van der Waals surface area contributed by atoms with E-state index in [0.29, 0.717) is 43.4 Å². The number of anilines is 2. The molecule has 1 aliphatic heterocycles. The van der Waals surface area contributed by atoms with Gasteiger partial charge in [-0.25, -0.2) is 4.79 Å². The average molecular weight is 529 g/mol. The number of esters is 1. The van der Waals surface area contributed by atoms with Crippen molar-refractivity contribution in [2.75, 3.05) is 70.6 Å². The van der Waals surface area contributed by atoms with Gasteiger partial charge in [0, 0.05) is 44.9 Å². The molecule has 1 aromatic rings. The van der Waals surface area contributed by atoms with Gasteiger partial charge >= 0.3 is 5.97 Å². The van der Waals surface area contributed by atoms with Crippen LogP contribution in [0.2, 0.25) is 0 Å². The first kappa shape index (κ1) is 30.8. The van der Waals surface area contributed by atoms with Crippen LogP contribution in [0.1, 0.15) is 39.5 Å². The maximum absolute atomic E-state index is 12.6. The molecule has 0 atom stereocenters. The quantitative estimate of drug-likeness (QED) is 0.109. The summed E-state index contributed by atoms with van der Waals surface area (Å²) in [5.41, 5.74) is 2.16. The number of nitrogens with one attached hydrogen (secondary N) is 1. The number of hydrogen-bond acceptors (Lipinski definition) is 9. The summed E-state index contributed by atoms with van der Waals surface area (Å²) in [5, 5.41) is 9.13. The lowest BCUT2D eigenvalue weighted by molar-refractivity contribution is -0.132. The lowest BCUT2D eigenvalue weighted by atomic mass is 10.1. The Labute approximate surface area is 227 Å². The molecule has 9 nitrogen and oxygen atoms in total. The van der Waals surface area contributed by atoms with Gasteiger partial charge in [-0.05, 0) is 25.1 Å². The van der Waals surface area contributed by atoms with Crippen molar-refractivity contribution >= 4 is 23.1 Å². The highest BCUT2D eigenvalue weighted by atomic mass is 16.5. The van der Waals surface area contributed by atoms with Crippen molar-refractivity contribution in [1.29, 1.82) is 0 Å². The van der Waals surface area contributed by atoms with Crippen LogP contribution in [0.15, 0.2) is 53.8 Å². The van der Waals surface area contributed by atoms with E-state index in [1.54, 1.807) is 43.5 Å². The van der Waals surface area contributed by atoms with Gasteiger partial charge < -0.3 is 29.2 Å². The lowest BCUT2D eigenvalue weighted by Crippen LogP contribution is -2.36. The average Bonchev–Trinajstić information content (AvgIpc) is 2.94. The maximum Gasteiger partial charge on any atom is 0.359 e. The van der Waals surface area contributed by atoms with Crippen LogP contribution >= 0.6 is 0 Å². The van der Waals surface area contributed by atoms with Crippen LogP contribution in [0.4, 0.5) is 11.4 Å². The van der Waals surface area contributed by atoms with Gasteiger partial charge in [-0.15, -0.1) is 0 Å². The molecule has 1 N–H and O–H groups in total. The zero-order valence-electron chi connectivity index (χ0n) is 23.6. The molecule has 0 aromatic heterocycles. The van der Waals surface area contributed by atoms with Gasteiger partial charge in [-0.2, -0.15) is 5.10 Å². The third kappa shape index (κ3) is 9.45. The number of benzene rings is 1. The van der Waals surface area contributed by atoms with Crippen molar-refractivity contribution in [3.8, 4) is 11.5 Å². The molecule has 1 heterocycles. The van der Waals surface area contributed by atoms with E-state index >= 15 is 0 Å². The Morgan fingerprint density at radius 2 is 1.79 bits per heavy atom. The molecular formula is C29H44N4O5. The van der Waals surface area contributed by atoms with Crippen LogP contribution in [0.5, 0.6) is 11.5 Å². The second-order valence-electron chi connectivity index (χ2n) is 8.79. The topological polar surface area (TPSA) is 84.9 Å². The van der Waals surface area contributed by atoms with Crippen LogP contribution in [-0.4, -0.2) is 72.4 Å². The Balaban J connectivity index is 2.54. The predicted molar refractivity (Wildman–Crippen MR) is 155 cm³/mol. The molecule has 0 saturated carbocycles. The minimum absolute atomic E-state index is 0.0920. The minimum atomic E-state index is -0.582. The van der Waals surface area contributed by atoms with Crippen LogP contribution in [0, 0.1) is 0 Å². The molecular weight excluding hydrogens is 484 g/mol. The molecule has 1 fully saturated rings. The number of rotatable bonds is 16. The molecule has 1 saturated heterocycles. The number of nitrogens with zero attached hydrogens (tertiary/aromatic N) is 3.